The molecule has 132 valence electrons. The van der Waals surface area contributed by atoms with Crippen LogP contribution in [0.5, 0.6) is 11.5 Å². The molecule has 0 atom stereocenters. The summed E-state index contributed by atoms with van der Waals surface area (Å²) in [6.07, 6.45) is 1.94. The van der Waals surface area contributed by atoms with Crippen molar-refractivity contribution < 1.29 is 14.3 Å². The zero-order chi connectivity index (χ0) is 17.3. The highest BCUT2D eigenvalue weighted by molar-refractivity contribution is 5.77. The molecule has 0 aliphatic carbocycles. The summed E-state index contributed by atoms with van der Waals surface area (Å²) in [4.78, 5) is 11.9. The molecule has 1 saturated heterocycles. The second-order valence-electron chi connectivity index (χ2n) is 6.13. The number of carbonyl (C=O) groups excluding carboxylic acids is 1. The van der Waals surface area contributed by atoms with Gasteiger partial charge in [0.1, 0.15) is 18.1 Å². The first-order valence-electron chi connectivity index (χ1n) is 8.69. The van der Waals surface area contributed by atoms with Crippen molar-refractivity contribution in [3.05, 3.63) is 60.2 Å². The maximum absolute atomic E-state index is 11.9. The fourth-order valence-electron chi connectivity index (χ4n) is 2.76. The Kier molecular flexibility index (Phi) is 6.29. The minimum Gasteiger partial charge on any atom is -0.489 e. The van der Waals surface area contributed by atoms with Crippen molar-refractivity contribution in [2.24, 2.45) is 0 Å². The van der Waals surface area contributed by atoms with Gasteiger partial charge in [-0.15, -0.1) is 0 Å². The molecule has 1 aliphatic rings. The summed E-state index contributed by atoms with van der Waals surface area (Å²) in [7, 11) is 0. The minimum atomic E-state index is -0.0729. The van der Waals surface area contributed by atoms with Crippen LogP contribution in [0.15, 0.2) is 54.6 Å². The van der Waals surface area contributed by atoms with Gasteiger partial charge in [-0.05, 0) is 55.8 Å². The van der Waals surface area contributed by atoms with Gasteiger partial charge in [-0.2, -0.15) is 0 Å². The second kappa shape index (κ2) is 9.08. The molecule has 25 heavy (non-hydrogen) atoms. The van der Waals surface area contributed by atoms with E-state index in [9.17, 15) is 4.79 Å². The lowest BCUT2D eigenvalue weighted by Crippen LogP contribution is -2.44. The lowest BCUT2D eigenvalue weighted by molar-refractivity contribution is -0.123. The van der Waals surface area contributed by atoms with E-state index in [2.05, 4.69) is 10.6 Å². The quantitative estimate of drug-likeness (QED) is 0.813. The number of ether oxygens (including phenoxy) is 2. The van der Waals surface area contributed by atoms with Crippen LogP contribution in [0.3, 0.4) is 0 Å². The molecule has 2 aromatic carbocycles. The van der Waals surface area contributed by atoms with Crippen LogP contribution in [0.4, 0.5) is 0 Å². The van der Waals surface area contributed by atoms with Gasteiger partial charge in [0, 0.05) is 6.04 Å². The summed E-state index contributed by atoms with van der Waals surface area (Å²) >= 11 is 0. The van der Waals surface area contributed by atoms with Crippen molar-refractivity contribution in [2.75, 3.05) is 19.7 Å². The molecule has 3 rings (SSSR count). The van der Waals surface area contributed by atoms with Gasteiger partial charge in [0.2, 0.25) is 0 Å². The first-order valence-corrected chi connectivity index (χ1v) is 8.69. The second-order valence-corrected chi connectivity index (χ2v) is 6.13. The smallest absolute Gasteiger partial charge is 0.258 e. The maximum atomic E-state index is 11.9. The maximum Gasteiger partial charge on any atom is 0.258 e. The Balaban J connectivity index is 1.40. The normalized spacial score (nSPS) is 14.7. The number of amides is 1. The van der Waals surface area contributed by atoms with Crippen LogP contribution in [0.1, 0.15) is 18.4 Å². The zero-order valence-electron chi connectivity index (χ0n) is 14.2. The van der Waals surface area contributed by atoms with E-state index in [-0.39, 0.29) is 18.6 Å². The third kappa shape index (κ3) is 5.80. The molecule has 0 saturated carbocycles. The third-order valence-electron chi connectivity index (χ3n) is 4.15. The summed E-state index contributed by atoms with van der Waals surface area (Å²) in [5, 5.41) is 6.29. The van der Waals surface area contributed by atoms with Crippen LogP contribution in [0, 0.1) is 0 Å². The minimum absolute atomic E-state index is 0.0359. The molecule has 1 heterocycles. The highest BCUT2D eigenvalue weighted by Gasteiger charge is 2.15. The van der Waals surface area contributed by atoms with E-state index in [1.165, 1.54) is 0 Å². The SMILES string of the molecule is O=C(COc1ccc(OCc2ccccc2)cc1)NC1CCNCC1. The standard InChI is InChI=1S/C20H24N2O3/c23-20(22-17-10-12-21-13-11-17)15-25-19-8-6-18(7-9-19)24-14-16-4-2-1-3-5-16/h1-9,17,21H,10-15H2,(H,22,23). The van der Waals surface area contributed by atoms with Crippen molar-refractivity contribution >= 4 is 5.91 Å². The molecule has 1 fully saturated rings. The Morgan fingerprint density at radius 3 is 2.28 bits per heavy atom. The van der Waals surface area contributed by atoms with Gasteiger partial charge in [0.05, 0.1) is 0 Å². The molecule has 1 amide bonds. The first-order chi connectivity index (χ1) is 12.3. The van der Waals surface area contributed by atoms with Gasteiger partial charge in [0.25, 0.3) is 5.91 Å². The highest BCUT2D eigenvalue weighted by Crippen LogP contribution is 2.18. The lowest BCUT2D eigenvalue weighted by Gasteiger charge is -2.23. The number of nitrogens with one attached hydrogen (secondary N) is 2. The topological polar surface area (TPSA) is 59.6 Å². The number of benzene rings is 2. The number of carbonyl (C=O) groups is 1. The van der Waals surface area contributed by atoms with Gasteiger partial charge >= 0.3 is 0 Å². The Bertz CT molecular complexity index is 652. The summed E-state index contributed by atoms with van der Waals surface area (Å²) < 4.78 is 11.3. The molecule has 0 bridgehead atoms. The molecule has 0 spiro atoms. The van der Waals surface area contributed by atoms with Crippen LogP contribution in [0.25, 0.3) is 0 Å². The Hall–Kier alpha value is -2.53. The molecule has 5 heteroatoms. The number of rotatable bonds is 7. The Labute approximate surface area is 148 Å². The van der Waals surface area contributed by atoms with E-state index in [1.807, 2.05) is 54.6 Å². The first kappa shape index (κ1) is 17.3. The monoisotopic (exact) mass is 340 g/mol. The van der Waals surface area contributed by atoms with Crippen LogP contribution in [-0.2, 0) is 11.4 Å². The predicted molar refractivity (Wildman–Crippen MR) is 96.7 cm³/mol. The van der Waals surface area contributed by atoms with E-state index in [0.29, 0.717) is 12.4 Å². The number of hydrogen-bond donors (Lipinski definition) is 2. The largest absolute Gasteiger partial charge is 0.489 e. The van der Waals surface area contributed by atoms with E-state index >= 15 is 0 Å². The van der Waals surface area contributed by atoms with Crippen LogP contribution in [-0.4, -0.2) is 31.6 Å². The van der Waals surface area contributed by atoms with Crippen molar-refractivity contribution in [3.63, 3.8) is 0 Å². The molecule has 0 unspecified atom stereocenters. The van der Waals surface area contributed by atoms with Crippen LogP contribution in [0.2, 0.25) is 0 Å². The lowest BCUT2D eigenvalue weighted by atomic mass is 10.1. The predicted octanol–water partition coefficient (Wildman–Crippen LogP) is 2.51. The molecule has 0 aromatic heterocycles. The van der Waals surface area contributed by atoms with E-state index in [4.69, 9.17) is 9.47 Å². The molecular formula is C20H24N2O3. The van der Waals surface area contributed by atoms with Crippen molar-refractivity contribution in [2.45, 2.75) is 25.5 Å². The molecule has 1 aliphatic heterocycles. The fraction of sp³-hybridized carbons (Fsp3) is 0.350. The average Bonchev–Trinajstić information content (AvgIpc) is 2.67. The number of piperidine rings is 1. The van der Waals surface area contributed by atoms with E-state index < -0.39 is 0 Å². The molecular weight excluding hydrogens is 316 g/mol. The van der Waals surface area contributed by atoms with Crippen molar-refractivity contribution in [1.82, 2.24) is 10.6 Å². The molecule has 2 aromatic rings. The van der Waals surface area contributed by atoms with Gasteiger partial charge in [-0.3, -0.25) is 4.79 Å². The van der Waals surface area contributed by atoms with E-state index in [0.717, 1.165) is 37.2 Å². The zero-order valence-corrected chi connectivity index (χ0v) is 14.2. The van der Waals surface area contributed by atoms with Crippen molar-refractivity contribution in [1.29, 1.82) is 0 Å². The summed E-state index contributed by atoms with van der Waals surface area (Å²) in [6, 6.07) is 17.6. The van der Waals surface area contributed by atoms with Crippen LogP contribution < -0.4 is 20.1 Å². The Morgan fingerprint density at radius 1 is 0.960 bits per heavy atom. The van der Waals surface area contributed by atoms with Gasteiger partial charge < -0.3 is 20.1 Å². The van der Waals surface area contributed by atoms with E-state index in [1.54, 1.807) is 0 Å². The highest BCUT2D eigenvalue weighted by atomic mass is 16.5. The van der Waals surface area contributed by atoms with Crippen LogP contribution >= 0.6 is 0 Å². The Morgan fingerprint density at radius 2 is 1.60 bits per heavy atom. The third-order valence-corrected chi connectivity index (χ3v) is 4.15. The summed E-state index contributed by atoms with van der Waals surface area (Å²) in [6.45, 7) is 2.47. The number of hydrogen-bond acceptors (Lipinski definition) is 4. The fourth-order valence-corrected chi connectivity index (χ4v) is 2.76. The van der Waals surface area contributed by atoms with Gasteiger partial charge in [0.15, 0.2) is 6.61 Å². The van der Waals surface area contributed by atoms with Gasteiger partial charge in [-0.25, -0.2) is 0 Å². The average molecular weight is 340 g/mol. The summed E-state index contributed by atoms with van der Waals surface area (Å²) in [5.41, 5.74) is 1.12. The summed E-state index contributed by atoms with van der Waals surface area (Å²) in [5.74, 6) is 1.36. The molecule has 5 nitrogen and oxygen atoms in total. The van der Waals surface area contributed by atoms with Gasteiger partial charge in [-0.1, -0.05) is 30.3 Å². The molecule has 0 radical (unpaired) electrons. The van der Waals surface area contributed by atoms with Crippen molar-refractivity contribution in [3.8, 4) is 11.5 Å². The molecule has 2 N–H and O–H groups in total.